The van der Waals surface area contributed by atoms with Gasteiger partial charge in [-0.05, 0) is 55.5 Å². The molecule has 1 aromatic heterocycles. The maximum atomic E-state index is 12.5. The summed E-state index contributed by atoms with van der Waals surface area (Å²) < 4.78 is 0. The Labute approximate surface area is 178 Å². The van der Waals surface area contributed by atoms with E-state index in [0.29, 0.717) is 16.3 Å². The van der Waals surface area contributed by atoms with Gasteiger partial charge in [0.05, 0.1) is 4.88 Å². The normalized spacial score (nSPS) is 12.9. The molecule has 1 heterocycles. The third-order valence-corrected chi connectivity index (χ3v) is 5.83. The Morgan fingerprint density at radius 3 is 2.00 bits per heavy atom. The average molecular weight is 429 g/mol. The summed E-state index contributed by atoms with van der Waals surface area (Å²) in [6.07, 6.45) is 5.43. The van der Waals surface area contributed by atoms with Crippen LogP contribution in [0.25, 0.3) is 0 Å². The van der Waals surface area contributed by atoms with Gasteiger partial charge in [0.15, 0.2) is 0 Å². The molecule has 9 heteroatoms. The van der Waals surface area contributed by atoms with E-state index >= 15 is 0 Å². The molecule has 0 atom stereocenters. The third-order valence-electron chi connectivity index (χ3n) is 4.60. The first-order valence-electron chi connectivity index (χ1n) is 9.74. The van der Waals surface area contributed by atoms with Crippen molar-refractivity contribution < 1.29 is 19.2 Å². The van der Waals surface area contributed by atoms with Gasteiger partial charge in [0.2, 0.25) is 11.8 Å². The Hall–Kier alpha value is -3.20. The molecule has 0 spiro atoms. The van der Waals surface area contributed by atoms with Gasteiger partial charge in [-0.3, -0.25) is 30.0 Å². The SMILES string of the molecule is CC(=O)Nc1cc(NC(C)=O)cc(C(=O)NNC(=O)c2cc3c(s2)CCCCC3)c1. The van der Waals surface area contributed by atoms with Gasteiger partial charge in [0.25, 0.3) is 11.8 Å². The minimum Gasteiger partial charge on any atom is -0.326 e. The standard InChI is InChI=1S/C21H24N4O4S/c1-12(26)22-16-8-15(9-17(11-16)23-13(2)27)20(28)24-25-21(29)19-10-14-6-4-3-5-7-18(14)30-19/h8-11H,3-7H2,1-2H3,(H,22,26)(H,23,27)(H,24,28)(H,25,29). The monoisotopic (exact) mass is 428 g/mol. The zero-order valence-electron chi connectivity index (χ0n) is 16.9. The van der Waals surface area contributed by atoms with Crippen molar-refractivity contribution in [3.8, 4) is 0 Å². The van der Waals surface area contributed by atoms with Gasteiger partial charge in [-0.15, -0.1) is 11.3 Å². The molecular weight excluding hydrogens is 404 g/mol. The second-order valence-corrected chi connectivity index (χ2v) is 8.33. The van der Waals surface area contributed by atoms with Crippen molar-refractivity contribution in [3.63, 3.8) is 0 Å². The summed E-state index contributed by atoms with van der Waals surface area (Å²) in [7, 11) is 0. The van der Waals surface area contributed by atoms with Gasteiger partial charge < -0.3 is 10.6 Å². The number of hydrogen-bond acceptors (Lipinski definition) is 5. The van der Waals surface area contributed by atoms with E-state index in [1.807, 2.05) is 6.07 Å². The number of hydrogen-bond donors (Lipinski definition) is 4. The molecule has 0 saturated heterocycles. The van der Waals surface area contributed by atoms with Crippen LogP contribution in [0.3, 0.4) is 0 Å². The second-order valence-electron chi connectivity index (χ2n) is 7.19. The molecule has 1 aliphatic carbocycles. The van der Waals surface area contributed by atoms with Crippen LogP contribution in [0, 0.1) is 0 Å². The molecule has 0 radical (unpaired) electrons. The molecule has 0 fully saturated rings. The minimum absolute atomic E-state index is 0.173. The Bertz CT molecular complexity index is 941. The first kappa shape index (κ1) is 21.5. The van der Waals surface area contributed by atoms with Crippen molar-refractivity contribution in [1.29, 1.82) is 0 Å². The van der Waals surface area contributed by atoms with E-state index in [1.54, 1.807) is 0 Å². The van der Waals surface area contributed by atoms with Crippen molar-refractivity contribution in [3.05, 3.63) is 45.1 Å². The van der Waals surface area contributed by atoms with Crippen molar-refractivity contribution in [2.24, 2.45) is 0 Å². The molecule has 0 unspecified atom stereocenters. The molecule has 158 valence electrons. The summed E-state index contributed by atoms with van der Waals surface area (Å²) in [4.78, 5) is 49.5. The van der Waals surface area contributed by atoms with Crippen LogP contribution in [0.1, 0.15) is 63.6 Å². The fraction of sp³-hybridized carbons (Fsp3) is 0.333. The fourth-order valence-corrected chi connectivity index (χ4v) is 4.49. The Morgan fingerprint density at radius 2 is 1.37 bits per heavy atom. The number of hydrazine groups is 1. The molecular formula is C21H24N4O4S. The number of carbonyl (C=O) groups is 4. The van der Waals surface area contributed by atoms with Gasteiger partial charge in [-0.2, -0.15) is 0 Å². The highest BCUT2D eigenvalue weighted by molar-refractivity contribution is 7.14. The molecule has 3 rings (SSSR count). The maximum absolute atomic E-state index is 12.5. The summed E-state index contributed by atoms with van der Waals surface area (Å²) in [6, 6.07) is 6.36. The summed E-state index contributed by atoms with van der Waals surface area (Å²) in [5, 5.41) is 5.16. The molecule has 30 heavy (non-hydrogen) atoms. The van der Waals surface area contributed by atoms with E-state index in [1.165, 1.54) is 60.2 Å². The summed E-state index contributed by atoms with van der Waals surface area (Å²) >= 11 is 1.46. The van der Waals surface area contributed by atoms with Crippen molar-refractivity contribution in [1.82, 2.24) is 10.9 Å². The summed E-state index contributed by atoms with van der Waals surface area (Å²) in [5.74, 6) is -1.57. The lowest BCUT2D eigenvalue weighted by Crippen LogP contribution is -2.41. The first-order chi connectivity index (χ1) is 14.3. The van der Waals surface area contributed by atoms with E-state index in [9.17, 15) is 19.2 Å². The van der Waals surface area contributed by atoms with Crippen molar-refractivity contribution >= 4 is 46.3 Å². The fourth-order valence-electron chi connectivity index (χ4n) is 3.34. The van der Waals surface area contributed by atoms with Gasteiger partial charge in [0.1, 0.15) is 0 Å². The van der Waals surface area contributed by atoms with Crippen LogP contribution in [0.4, 0.5) is 11.4 Å². The zero-order valence-corrected chi connectivity index (χ0v) is 17.7. The summed E-state index contributed by atoms with van der Waals surface area (Å²) in [5.41, 5.74) is 6.93. The van der Waals surface area contributed by atoms with E-state index in [4.69, 9.17) is 0 Å². The zero-order chi connectivity index (χ0) is 21.7. The van der Waals surface area contributed by atoms with E-state index in [-0.39, 0.29) is 23.3 Å². The number of anilines is 2. The lowest BCUT2D eigenvalue weighted by molar-refractivity contribution is -0.115. The molecule has 0 saturated carbocycles. The molecule has 0 bridgehead atoms. The van der Waals surface area contributed by atoms with Crippen LogP contribution in [-0.2, 0) is 22.4 Å². The Kier molecular flexibility index (Phi) is 6.83. The van der Waals surface area contributed by atoms with Gasteiger partial charge >= 0.3 is 0 Å². The number of rotatable bonds is 4. The van der Waals surface area contributed by atoms with Gasteiger partial charge in [0, 0.05) is 35.7 Å². The Balaban J connectivity index is 1.69. The topological polar surface area (TPSA) is 116 Å². The molecule has 4 N–H and O–H groups in total. The number of thiophene rings is 1. The molecule has 8 nitrogen and oxygen atoms in total. The molecule has 4 amide bonds. The number of carbonyl (C=O) groups excluding carboxylic acids is 4. The van der Waals surface area contributed by atoms with Crippen LogP contribution < -0.4 is 21.5 Å². The van der Waals surface area contributed by atoms with Crippen LogP contribution in [0.2, 0.25) is 0 Å². The number of fused-ring (bicyclic) bond motifs is 1. The summed E-state index contributed by atoms with van der Waals surface area (Å²) in [6.45, 7) is 2.68. The van der Waals surface area contributed by atoms with Crippen LogP contribution in [0.5, 0.6) is 0 Å². The minimum atomic E-state index is -0.569. The lowest BCUT2D eigenvalue weighted by Gasteiger charge is -2.11. The Morgan fingerprint density at radius 1 is 0.767 bits per heavy atom. The third kappa shape index (κ3) is 5.66. The second kappa shape index (κ2) is 9.53. The van der Waals surface area contributed by atoms with Crippen LogP contribution in [0.15, 0.2) is 24.3 Å². The highest BCUT2D eigenvalue weighted by Gasteiger charge is 2.17. The van der Waals surface area contributed by atoms with Crippen LogP contribution in [-0.4, -0.2) is 23.6 Å². The highest BCUT2D eigenvalue weighted by Crippen LogP contribution is 2.28. The lowest BCUT2D eigenvalue weighted by atomic mass is 10.1. The molecule has 1 aromatic carbocycles. The first-order valence-corrected chi connectivity index (χ1v) is 10.6. The van der Waals surface area contributed by atoms with Gasteiger partial charge in [-0.25, -0.2) is 0 Å². The average Bonchev–Trinajstić information content (AvgIpc) is 2.95. The van der Waals surface area contributed by atoms with Gasteiger partial charge in [-0.1, -0.05) is 6.42 Å². The molecule has 0 aliphatic heterocycles. The predicted octanol–water partition coefficient (Wildman–Crippen LogP) is 3.01. The molecule has 1 aliphatic rings. The van der Waals surface area contributed by atoms with E-state index in [2.05, 4.69) is 21.5 Å². The predicted molar refractivity (Wildman–Crippen MR) is 116 cm³/mol. The quantitative estimate of drug-likeness (QED) is 0.442. The largest absolute Gasteiger partial charge is 0.326 e. The van der Waals surface area contributed by atoms with E-state index in [0.717, 1.165) is 25.7 Å². The number of nitrogens with one attached hydrogen (secondary N) is 4. The number of aryl methyl sites for hydroxylation is 2. The smallest absolute Gasteiger partial charge is 0.279 e. The molecule has 2 aromatic rings. The van der Waals surface area contributed by atoms with Crippen molar-refractivity contribution in [2.45, 2.75) is 46.0 Å². The number of amides is 4. The number of benzene rings is 1. The van der Waals surface area contributed by atoms with Crippen molar-refractivity contribution in [2.75, 3.05) is 10.6 Å². The maximum Gasteiger partial charge on any atom is 0.279 e. The van der Waals surface area contributed by atoms with E-state index < -0.39 is 5.91 Å². The highest BCUT2D eigenvalue weighted by atomic mass is 32.1. The van der Waals surface area contributed by atoms with Crippen LogP contribution >= 0.6 is 11.3 Å².